The Balaban J connectivity index is 2.21. The molecule has 4 heteroatoms. The molecule has 2 rings (SSSR count). The molecule has 0 aliphatic rings. The SMILES string of the molecule is N#COc1ccc(C(I)c2ccc(C#N)cc2)cc1. The minimum atomic E-state index is 0.196. The van der Waals surface area contributed by atoms with Crippen LogP contribution in [0.1, 0.15) is 20.6 Å². The molecule has 2 aromatic rings. The summed E-state index contributed by atoms with van der Waals surface area (Å²) in [5.74, 6) is 0.537. The summed E-state index contributed by atoms with van der Waals surface area (Å²) in [6.45, 7) is 0. The third-order valence-corrected chi connectivity index (χ3v) is 4.11. The lowest BCUT2D eigenvalue weighted by atomic mass is 10.0. The average molecular weight is 360 g/mol. The zero-order valence-electron chi connectivity index (χ0n) is 9.88. The van der Waals surface area contributed by atoms with E-state index >= 15 is 0 Å². The summed E-state index contributed by atoms with van der Waals surface area (Å²) in [7, 11) is 0. The van der Waals surface area contributed by atoms with Crippen molar-refractivity contribution >= 4 is 22.6 Å². The van der Waals surface area contributed by atoms with Gasteiger partial charge in [0, 0.05) is 0 Å². The predicted octanol–water partition coefficient (Wildman–Crippen LogP) is 3.94. The Morgan fingerprint density at radius 2 is 1.42 bits per heavy atom. The Morgan fingerprint density at radius 3 is 1.89 bits per heavy atom. The van der Waals surface area contributed by atoms with E-state index in [0.29, 0.717) is 11.3 Å². The Labute approximate surface area is 125 Å². The van der Waals surface area contributed by atoms with Crippen molar-refractivity contribution < 1.29 is 4.74 Å². The van der Waals surface area contributed by atoms with E-state index in [4.69, 9.17) is 15.3 Å². The Bertz CT molecular complexity index is 636. The summed E-state index contributed by atoms with van der Waals surface area (Å²) >= 11 is 2.34. The van der Waals surface area contributed by atoms with Gasteiger partial charge in [0.15, 0.2) is 0 Å². The second-order valence-electron chi connectivity index (χ2n) is 3.86. The van der Waals surface area contributed by atoms with Gasteiger partial charge in [0.05, 0.1) is 15.6 Å². The minimum Gasteiger partial charge on any atom is -0.388 e. The van der Waals surface area contributed by atoms with Crippen LogP contribution in [0, 0.1) is 22.8 Å². The largest absolute Gasteiger partial charge is 0.388 e. The predicted molar refractivity (Wildman–Crippen MR) is 79.7 cm³/mol. The van der Waals surface area contributed by atoms with E-state index in [0.717, 1.165) is 11.1 Å². The molecule has 0 N–H and O–H groups in total. The van der Waals surface area contributed by atoms with Gasteiger partial charge < -0.3 is 4.74 Å². The summed E-state index contributed by atoms with van der Waals surface area (Å²) in [5, 5.41) is 17.2. The number of hydrogen-bond donors (Lipinski definition) is 0. The lowest BCUT2D eigenvalue weighted by Gasteiger charge is -2.11. The number of rotatable bonds is 3. The second-order valence-corrected chi connectivity index (χ2v) is 5.10. The minimum absolute atomic E-state index is 0.196. The third kappa shape index (κ3) is 3.24. The van der Waals surface area contributed by atoms with Gasteiger partial charge in [-0.2, -0.15) is 5.26 Å². The van der Waals surface area contributed by atoms with Gasteiger partial charge >= 0.3 is 0 Å². The molecular formula is C15H9IN2O. The van der Waals surface area contributed by atoms with Gasteiger partial charge in [-0.1, -0.05) is 46.9 Å². The van der Waals surface area contributed by atoms with Crippen molar-refractivity contribution in [3.8, 4) is 18.1 Å². The van der Waals surface area contributed by atoms with E-state index < -0.39 is 0 Å². The highest BCUT2D eigenvalue weighted by Gasteiger charge is 2.10. The first-order valence-electron chi connectivity index (χ1n) is 5.54. The average Bonchev–Trinajstić information content (AvgIpc) is 2.48. The smallest absolute Gasteiger partial charge is 0.292 e. The summed E-state index contributed by atoms with van der Waals surface area (Å²) in [5.41, 5.74) is 2.91. The van der Waals surface area contributed by atoms with E-state index in [1.165, 1.54) is 0 Å². The van der Waals surface area contributed by atoms with E-state index in [1.807, 2.05) is 36.4 Å². The van der Waals surface area contributed by atoms with Crippen molar-refractivity contribution in [1.29, 1.82) is 10.5 Å². The highest BCUT2D eigenvalue weighted by atomic mass is 127. The lowest BCUT2D eigenvalue weighted by Crippen LogP contribution is -1.93. The zero-order valence-corrected chi connectivity index (χ0v) is 12.0. The molecule has 0 heterocycles. The molecule has 0 aliphatic carbocycles. The molecule has 0 radical (unpaired) electrons. The number of ether oxygens (including phenoxy) is 1. The number of hydrogen-bond acceptors (Lipinski definition) is 3. The maximum atomic E-state index is 8.77. The van der Waals surface area contributed by atoms with Crippen LogP contribution >= 0.6 is 22.6 Å². The maximum Gasteiger partial charge on any atom is 0.292 e. The van der Waals surface area contributed by atoms with Gasteiger partial charge in [-0.25, -0.2) is 0 Å². The molecule has 0 aromatic heterocycles. The molecule has 1 unspecified atom stereocenters. The van der Waals surface area contributed by atoms with Crippen molar-refractivity contribution in [2.75, 3.05) is 0 Å². The highest BCUT2D eigenvalue weighted by molar-refractivity contribution is 14.1. The van der Waals surface area contributed by atoms with Crippen LogP contribution < -0.4 is 4.74 Å². The van der Waals surface area contributed by atoms with E-state index in [1.54, 1.807) is 18.4 Å². The summed E-state index contributed by atoms with van der Waals surface area (Å²) < 4.78 is 4.94. The van der Waals surface area contributed by atoms with E-state index in [9.17, 15) is 0 Å². The Kier molecular flexibility index (Phi) is 4.38. The van der Waals surface area contributed by atoms with Crippen molar-refractivity contribution in [2.24, 2.45) is 0 Å². The van der Waals surface area contributed by atoms with Crippen molar-refractivity contribution in [1.82, 2.24) is 0 Å². The van der Waals surface area contributed by atoms with Gasteiger partial charge in [-0.3, -0.25) is 0 Å². The number of halogens is 1. The summed E-state index contributed by atoms with van der Waals surface area (Å²) in [6, 6.07) is 17.0. The van der Waals surface area contributed by atoms with Crippen LogP contribution in [-0.2, 0) is 0 Å². The Morgan fingerprint density at radius 1 is 0.895 bits per heavy atom. The van der Waals surface area contributed by atoms with Crippen LogP contribution in [0.25, 0.3) is 0 Å². The second kappa shape index (κ2) is 6.21. The summed E-state index contributed by atoms with van der Waals surface area (Å²) in [4.78, 5) is 0. The molecule has 0 amide bonds. The fourth-order valence-corrected chi connectivity index (χ4v) is 2.51. The first-order chi connectivity index (χ1) is 9.24. The van der Waals surface area contributed by atoms with E-state index in [2.05, 4.69) is 28.7 Å². The first kappa shape index (κ1) is 13.4. The number of alkyl halides is 1. The molecule has 0 saturated heterocycles. The van der Waals surface area contributed by atoms with Crippen molar-refractivity contribution in [2.45, 2.75) is 3.92 Å². The lowest BCUT2D eigenvalue weighted by molar-refractivity contribution is 0.507. The standard InChI is InChI=1S/C15H9IN2O/c16-15(12-3-1-11(9-17)2-4-12)13-5-7-14(8-6-13)19-10-18/h1-8,15H. The number of nitrogens with zero attached hydrogens (tertiary/aromatic N) is 2. The van der Waals surface area contributed by atoms with E-state index in [-0.39, 0.29) is 3.92 Å². The molecule has 2 aromatic carbocycles. The quantitative estimate of drug-likeness (QED) is 0.473. The first-order valence-corrected chi connectivity index (χ1v) is 6.79. The molecule has 19 heavy (non-hydrogen) atoms. The van der Waals surface area contributed by atoms with Crippen LogP contribution in [0.15, 0.2) is 48.5 Å². The van der Waals surface area contributed by atoms with Crippen LogP contribution in [0.4, 0.5) is 0 Å². The van der Waals surface area contributed by atoms with Gasteiger partial charge in [0.25, 0.3) is 6.26 Å². The molecule has 1 atom stereocenters. The van der Waals surface area contributed by atoms with Crippen LogP contribution in [-0.4, -0.2) is 0 Å². The van der Waals surface area contributed by atoms with Gasteiger partial charge in [-0.15, -0.1) is 5.26 Å². The number of nitriles is 2. The molecule has 92 valence electrons. The number of benzene rings is 2. The van der Waals surface area contributed by atoms with Crippen molar-refractivity contribution in [3.05, 3.63) is 65.2 Å². The molecule has 0 fully saturated rings. The fourth-order valence-electron chi connectivity index (χ4n) is 1.68. The topological polar surface area (TPSA) is 56.8 Å². The third-order valence-electron chi connectivity index (χ3n) is 2.67. The van der Waals surface area contributed by atoms with Crippen LogP contribution in [0.3, 0.4) is 0 Å². The normalized spacial score (nSPS) is 11.1. The maximum absolute atomic E-state index is 8.77. The molecule has 3 nitrogen and oxygen atoms in total. The van der Waals surface area contributed by atoms with Gasteiger partial charge in [-0.05, 0) is 35.4 Å². The molecule has 0 aliphatic heterocycles. The van der Waals surface area contributed by atoms with Crippen molar-refractivity contribution in [3.63, 3.8) is 0 Å². The van der Waals surface area contributed by atoms with Crippen LogP contribution in [0.2, 0.25) is 0 Å². The zero-order chi connectivity index (χ0) is 13.7. The molecule has 0 bridgehead atoms. The van der Waals surface area contributed by atoms with Gasteiger partial charge in [0.1, 0.15) is 5.75 Å². The molecular weight excluding hydrogens is 351 g/mol. The molecule has 0 spiro atoms. The fraction of sp³-hybridized carbons (Fsp3) is 0.0667. The van der Waals surface area contributed by atoms with Gasteiger partial charge in [0.2, 0.25) is 0 Å². The van der Waals surface area contributed by atoms with Crippen LogP contribution in [0.5, 0.6) is 5.75 Å². The Hall–Kier alpha value is -2.05. The monoisotopic (exact) mass is 360 g/mol. The highest BCUT2D eigenvalue weighted by Crippen LogP contribution is 2.32. The molecule has 0 saturated carbocycles. The summed E-state index contributed by atoms with van der Waals surface area (Å²) in [6.07, 6.45) is 1.64.